The number of nitrogens with zero attached hydrogens (tertiary/aromatic N) is 1. The lowest BCUT2D eigenvalue weighted by Gasteiger charge is -2.21. The van der Waals surface area contributed by atoms with Gasteiger partial charge in [0.15, 0.2) is 0 Å². The molecule has 17 heavy (non-hydrogen) atoms. The molecule has 0 aliphatic carbocycles. The van der Waals surface area contributed by atoms with Crippen molar-refractivity contribution in [1.82, 2.24) is 4.31 Å². The van der Waals surface area contributed by atoms with Crippen LogP contribution >= 0.6 is 22.9 Å². The summed E-state index contributed by atoms with van der Waals surface area (Å²) in [5, 5.41) is 0. The van der Waals surface area contributed by atoms with Gasteiger partial charge >= 0.3 is 0 Å². The number of ether oxygens (including phenoxy) is 1. The van der Waals surface area contributed by atoms with Crippen LogP contribution in [0.4, 0.5) is 0 Å². The maximum Gasteiger partial charge on any atom is 0.252 e. The van der Waals surface area contributed by atoms with E-state index in [1.807, 2.05) is 0 Å². The Morgan fingerprint density at radius 3 is 2.88 bits per heavy atom. The molecule has 0 radical (unpaired) electrons. The first-order chi connectivity index (χ1) is 8.05. The molecule has 96 valence electrons. The van der Waals surface area contributed by atoms with Crippen LogP contribution < -0.4 is 0 Å². The van der Waals surface area contributed by atoms with Gasteiger partial charge in [-0.2, -0.15) is 4.31 Å². The Morgan fingerprint density at radius 1 is 1.59 bits per heavy atom. The van der Waals surface area contributed by atoms with Gasteiger partial charge in [0.05, 0.1) is 18.5 Å². The van der Waals surface area contributed by atoms with Crippen LogP contribution in [0.15, 0.2) is 16.3 Å². The van der Waals surface area contributed by atoms with Gasteiger partial charge in [0.2, 0.25) is 0 Å². The van der Waals surface area contributed by atoms with Crippen molar-refractivity contribution in [3.05, 3.63) is 17.0 Å². The van der Waals surface area contributed by atoms with E-state index in [0.29, 0.717) is 23.3 Å². The van der Waals surface area contributed by atoms with Crippen molar-refractivity contribution in [1.29, 1.82) is 0 Å². The molecule has 4 nitrogen and oxygen atoms in total. The quantitative estimate of drug-likeness (QED) is 0.797. The summed E-state index contributed by atoms with van der Waals surface area (Å²) in [5.74, 6) is 0.344. The van der Waals surface area contributed by atoms with Gasteiger partial charge < -0.3 is 4.74 Å². The molecule has 0 N–H and O–H groups in total. The van der Waals surface area contributed by atoms with Gasteiger partial charge in [-0.1, -0.05) is 0 Å². The molecule has 0 saturated carbocycles. The highest BCUT2D eigenvalue weighted by atomic mass is 35.5. The molecule has 1 aliphatic heterocycles. The highest BCUT2D eigenvalue weighted by Crippen LogP contribution is 2.27. The lowest BCUT2D eigenvalue weighted by Crippen LogP contribution is -2.36. The standard InChI is InChI=1S/C10H14ClNO3S2/c1-12(8-4-5-15-7-8)17(13,14)10-3-2-9(6-11)16-10/h2-3,8H,4-7H2,1H3. The second-order valence-corrected chi connectivity index (χ2v) is 7.55. The van der Waals surface area contributed by atoms with E-state index in [-0.39, 0.29) is 6.04 Å². The number of halogens is 1. The first-order valence-corrected chi connectivity index (χ1v) is 8.05. The molecular weight excluding hydrogens is 282 g/mol. The van der Waals surface area contributed by atoms with E-state index in [4.69, 9.17) is 16.3 Å². The summed E-state index contributed by atoms with van der Waals surface area (Å²) < 4.78 is 31.5. The maximum absolute atomic E-state index is 12.3. The summed E-state index contributed by atoms with van der Waals surface area (Å²) >= 11 is 6.90. The minimum absolute atomic E-state index is 0.0541. The Kier molecular flexibility index (Phi) is 4.10. The Labute approximate surface area is 110 Å². The van der Waals surface area contributed by atoms with Crippen LogP contribution in [-0.4, -0.2) is 39.0 Å². The van der Waals surface area contributed by atoms with Gasteiger partial charge in [0.25, 0.3) is 10.0 Å². The Bertz CT molecular complexity index is 479. The van der Waals surface area contributed by atoms with Crippen molar-refractivity contribution in [2.24, 2.45) is 0 Å². The van der Waals surface area contributed by atoms with Crippen molar-refractivity contribution >= 4 is 33.0 Å². The molecule has 2 rings (SSSR count). The molecule has 0 spiro atoms. The van der Waals surface area contributed by atoms with Gasteiger partial charge in [0, 0.05) is 18.5 Å². The number of alkyl halides is 1. The largest absolute Gasteiger partial charge is 0.380 e. The minimum atomic E-state index is -3.40. The van der Waals surface area contributed by atoms with Gasteiger partial charge in [-0.15, -0.1) is 22.9 Å². The monoisotopic (exact) mass is 295 g/mol. The lowest BCUT2D eigenvalue weighted by atomic mass is 10.3. The zero-order chi connectivity index (χ0) is 12.5. The summed E-state index contributed by atoms with van der Waals surface area (Å²) in [6, 6.07) is 3.31. The van der Waals surface area contributed by atoms with Crippen molar-refractivity contribution in [2.75, 3.05) is 20.3 Å². The molecule has 1 aromatic heterocycles. The van der Waals surface area contributed by atoms with Crippen LogP contribution in [0.5, 0.6) is 0 Å². The predicted octanol–water partition coefficient (Wildman–Crippen LogP) is 1.90. The summed E-state index contributed by atoms with van der Waals surface area (Å²) in [5.41, 5.74) is 0. The number of rotatable bonds is 4. The van der Waals surface area contributed by atoms with Crippen LogP contribution in [0.3, 0.4) is 0 Å². The van der Waals surface area contributed by atoms with Crippen LogP contribution in [0.25, 0.3) is 0 Å². The number of hydrogen-bond acceptors (Lipinski definition) is 4. The fourth-order valence-electron chi connectivity index (χ4n) is 1.72. The lowest BCUT2D eigenvalue weighted by molar-refractivity contribution is 0.181. The minimum Gasteiger partial charge on any atom is -0.380 e. The smallest absolute Gasteiger partial charge is 0.252 e. The fraction of sp³-hybridized carbons (Fsp3) is 0.600. The Hall–Kier alpha value is -0.140. The van der Waals surface area contributed by atoms with Gasteiger partial charge in [-0.25, -0.2) is 8.42 Å². The molecule has 1 aromatic rings. The molecule has 0 bridgehead atoms. The summed E-state index contributed by atoms with van der Waals surface area (Å²) in [4.78, 5) is 0.862. The van der Waals surface area contributed by atoms with Crippen molar-refractivity contribution < 1.29 is 13.2 Å². The van der Waals surface area contributed by atoms with E-state index in [1.54, 1.807) is 19.2 Å². The SMILES string of the molecule is CN(C1CCOC1)S(=O)(=O)c1ccc(CCl)s1. The average Bonchev–Trinajstić information content (AvgIpc) is 2.98. The van der Waals surface area contributed by atoms with Crippen LogP contribution in [-0.2, 0) is 20.6 Å². The third kappa shape index (κ3) is 2.66. The summed E-state index contributed by atoms with van der Waals surface area (Å²) in [6.07, 6.45) is 0.753. The van der Waals surface area contributed by atoms with E-state index >= 15 is 0 Å². The molecule has 0 amide bonds. The first kappa shape index (κ1) is 13.3. The first-order valence-electron chi connectivity index (χ1n) is 5.26. The predicted molar refractivity (Wildman–Crippen MR) is 68.0 cm³/mol. The summed E-state index contributed by atoms with van der Waals surface area (Å²) in [7, 11) is -1.79. The number of likely N-dealkylation sites (N-methyl/N-ethyl adjacent to an activating group) is 1. The van der Waals surface area contributed by atoms with Crippen molar-refractivity contribution in [2.45, 2.75) is 22.6 Å². The van der Waals surface area contributed by atoms with Crippen molar-refractivity contribution in [3.8, 4) is 0 Å². The highest BCUT2D eigenvalue weighted by molar-refractivity contribution is 7.91. The number of hydrogen-bond donors (Lipinski definition) is 0. The van der Waals surface area contributed by atoms with E-state index in [0.717, 1.165) is 11.3 Å². The molecule has 7 heteroatoms. The van der Waals surface area contributed by atoms with E-state index in [9.17, 15) is 8.42 Å². The Morgan fingerprint density at radius 2 is 2.35 bits per heavy atom. The van der Waals surface area contributed by atoms with E-state index in [1.165, 1.54) is 15.6 Å². The number of thiophene rings is 1. The fourth-order valence-corrected chi connectivity index (χ4v) is 4.73. The van der Waals surface area contributed by atoms with Crippen LogP contribution in [0, 0.1) is 0 Å². The molecule has 1 saturated heterocycles. The molecule has 2 heterocycles. The molecule has 1 atom stereocenters. The average molecular weight is 296 g/mol. The molecule has 1 fully saturated rings. The van der Waals surface area contributed by atoms with Crippen molar-refractivity contribution in [3.63, 3.8) is 0 Å². The van der Waals surface area contributed by atoms with Gasteiger partial charge in [-0.3, -0.25) is 0 Å². The van der Waals surface area contributed by atoms with E-state index in [2.05, 4.69) is 0 Å². The third-order valence-corrected chi connectivity index (χ3v) is 6.73. The normalized spacial score (nSPS) is 21.2. The Balaban J connectivity index is 2.22. The molecule has 1 aliphatic rings. The van der Waals surface area contributed by atoms with Crippen LogP contribution in [0.1, 0.15) is 11.3 Å². The second kappa shape index (κ2) is 5.24. The molecule has 1 unspecified atom stereocenters. The second-order valence-electron chi connectivity index (χ2n) is 3.89. The van der Waals surface area contributed by atoms with E-state index < -0.39 is 10.0 Å². The van der Waals surface area contributed by atoms with Gasteiger partial charge in [0.1, 0.15) is 4.21 Å². The van der Waals surface area contributed by atoms with Crippen LogP contribution in [0.2, 0.25) is 0 Å². The zero-order valence-electron chi connectivity index (χ0n) is 9.43. The maximum atomic E-state index is 12.3. The third-order valence-electron chi connectivity index (χ3n) is 2.82. The molecular formula is C10H14ClNO3S2. The zero-order valence-corrected chi connectivity index (χ0v) is 11.8. The van der Waals surface area contributed by atoms with Gasteiger partial charge in [-0.05, 0) is 18.6 Å². The highest BCUT2D eigenvalue weighted by Gasteiger charge is 2.31. The number of sulfonamides is 1. The topological polar surface area (TPSA) is 46.6 Å². The molecule has 0 aromatic carbocycles. The summed E-state index contributed by atoms with van der Waals surface area (Å²) in [6.45, 7) is 1.10.